The Morgan fingerprint density at radius 2 is 1.77 bits per heavy atom. The molecule has 0 unspecified atom stereocenters. The van der Waals surface area contributed by atoms with Gasteiger partial charge in [0.25, 0.3) is 0 Å². The van der Waals surface area contributed by atoms with E-state index in [0.717, 1.165) is 38.4 Å². The number of methoxy groups -OCH3 is 1. The molecule has 1 saturated heterocycles. The van der Waals surface area contributed by atoms with Gasteiger partial charge >= 0.3 is 6.03 Å². The lowest BCUT2D eigenvalue weighted by atomic mass is 10.0. The lowest BCUT2D eigenvalue weighted by molar-refractivity contribution is 0.126. The van der Waals surface area contributed by atoms with E-state index in [9.17, 15) is 22.4 Å². The number of urea groups is 1. The number of amides is 2. The molecule has 0 spiro atoms. The summed E-state index contributed by atoms with van der Waals surface area (Å²) in [6, 6.07) is 4.85. The fourth-order valence-corrected chi connectivity index (χ4v) is 3.68. The van der Waals surface area contributed by atoms with Gasteiger partial charge in [-0.2, -0.15) is 0 Å². The predicted octanol–water partition coefficient (Wildman–Crippen LogP) is 4.06. The average molecular weight is 439 g/mol. The van der Waals surface area contributed by atoms with Crippen LogP contribution in [0.5, 0.6) is 5.75 Å². The van der Waals surface area contributed by atoms with Crippen LogP contribution in [0.25, 0.3) is 0 Å². The second kappa shape index (κ2) is 10.00. The third-order valence-electron chi connectivity index (χ3n) is 5.51. The third-order valence-corrected chi connectivity index (χ3v) is 5.51. The topological polar surface area (TPSA) is 44.8 Å². The van der Waals surface area contributed by atoms with Gasteiger partial charge < -0.3 is 19.9 Å². The van der Waals surface area contributed by atoms with Gasteiger partial charge in [-0.05, 0) is 45.1 Å². The Kier molecular flexibility index (Phi) is 7.37. The van der Waals surface area contributed by atoms with Gasteiger partial charge in [0.15, 0.2) is 17.4 Å². The summed E-state index contributed by atoms with van der Waals surface area (Å²) >= 11 is 0. The zero-order chi connectivity index (χ0) is 22.5. The quantitative estimate of drug-likeness (QED) is 0.691. The standard InChI is InChI=1S/C22H25F4N3O2/c1-28-9-7-17(8-10-28)29(13-15-3-5-16(23)11-19(15)25)22(30)27-12-14-4-6-18(24)21(31-2)20(14)26/h3-6,11,17H,7-10,12-13H2,1-2H3,(H,27,30). The minimum atomic E-state index is -0.891. The van der Waals surface area contributed by atoms with Crippen LogP contribution in [0, 0.1) is 23.3 Å². The molecule has 9 heteroatoms. The van der Waals surface area contributed by atoms with Gasteiger partial charge in [-0.3, -0.25) is 0 Å². The summed E-state index contributed by atoms with van der Waals surface area (Å²) in [7, 11) is 3.13. The molecule has 1 fully saturated rings. The van der Waals surface area contributed by atoms with Gasteiger partial charge in [0.05, 0.1) is 13.7 Å². The first-order chi connectivity index (χ1) is 14.8. The van der Waals surface area contributed by atoms with E-state index in [-0.39, 0.29) is 30.3 Å². The van der Waals surface area contributed by atoms with Crippen molar-refractivity contribution in [2.45, 2.75) is 32.0 Å². The summed E-state index contributed by atoms with van der Waals surface area (Å²) < 4.78 is 60.2. The molecular formula is C22H25F4N3O2. The van der Waals surface area contributed by atoms with Crippen LogP contribution < -0.4 is 10.1 Å². The van der Waals surface area contributed by atoms with Crippen LogP contribution in [-0.4, -0.2) is 49.1 Å². The Morgan fingerprint density at radius 3 is 2.42 bits per heavy atom. The number of carbonyl (C=O) groups excluding carboxylic acids is 1. The number of piperidine rings is 1. The Balaban J connectivity index is 1.77. The minimum absolute atomic E-state index is 0.0540. The van der Waals surface area contributed by atoms with Crippen molar-refractivity contribution in [3.63, 3.8) is 0 Å². The molecule has 0 radical (unpaired) electrons. The van der Waals surface area contributed by atoms with Crippen LogP contribution in [0.15, 0.2) is 30.3 Å². The van der Waals surface area contributed by atoms with Crippen LogP contribution in [0.1, 0.15) is 24.0 Å². The predicted molar refractivity (Wildman–Crippen MR) is 108 cm³/mol. The molecule has 1 aliphatic rings. The van der Waals surface area contributed by atoms with Gasteiger partial charge in [0.1, 0.15) is 11.6 Å². The highest BCUT2D eigenvalue weighted by molar-refractivity contribution is 5.74. The second-order valence-electron chi connectivity index (χ2n) is 7.61. The van der Waals surface area contributed by atoms with Crippen LogP contribution >= 0.6 is 0 Å². The van der Waals surface area contributed by atoms with Crippen molar-refractivity contribution < 1.29 is 27.1 Å². The summed E-state index contributed by atoms with van der Waals surface area (Å²) in [6.07, 6.45) is 1.37. The Hall–Kier alpha value is -2.81. The van der Waals surface area contributed by atoms with E-state index in [1.54, 1.807) is 0 Å². The molecule has 1 N–H and O–H groups in total. The van der Waals surface area contributed by atoms with E-state index >= 15 is 0 Å². The van der Waals surface area contributed by atoms with Gasteiger partial charge in [-0.1, -0.05) is 12.1 Å². The number of hydrogen-bond donors (Lipinski definition) is 1. The van der Waals surface area contributed by atoms with Crippen molar-refractivity contribution in [2.24, 2.45) is 0 Å². The number of nitrogens with one attached hydrogen (secondary N) is 1. The largest absolute Gasteiger partial charge is 0.491 e. The first kappa shape index (κ1) is 22.9. The summed E-state index contributed by atoms with van der Waals surface area (Å²) in [5.74, 6) is -3.68. The lowest BCUT2D eigenvalue weighted by Gasteiger charge is -2.37. The molecule has 0 aliphatic carbocycles. The Labute approximate surface area is 178 Å². The average Bonchev–Trinajstić information content (AvgIpc) is 2.74. The van der Waals surface area contributed by atoms with Crippen LogP contribution in [-0.2, 0) is 13.1 Å². The van der Waals surface area contributed by atoms with Gasteiger partial charge in [-0.25, -0.2) is 22.4 Å². The first-order valence-electron chi connectivity index (χ1n) is 9.98. The molecule has 2 amide bonds. The fourth-order valence-electron chi connectivity index (χ4n) is 3.68. The van der Waals surface area contributed by atoms with Crippen molar-refractivity contribution in [1.82, 2.24) is 15.1 Å². The molecule has 5 nitrogen and oxygen atoms in total. The molecule has 0 aromatic heterocycles. The molecule has 2 aromatic carbocycles. The van der Waals surface area contributed by atoms with Gasteiger partial charge in [0, 0.05) is 29.8 Å². The lowest BCUT2D eigenvalue weighted by Crippen LogP contribution is -2.49. The summed E-state index contributed by atoms with van der Waals surface area (Å²) in [6.45, 7) is 1.28. The van der Waals surface area contributed by atoms with E-state index in [4.69, 9.17) is 4.74 Å². The van der Waals surface area contributed by atoms with E-state index in [1.807, 2.05) is 7.05 Å². The fraction of sp³-hybridized carbons (Fsp3) is 0.409. The van der Waals surface area contributed by atoms with Crippen LogP contribution in [0.4, 0.5) is 22.4 Å². The number of rotatable bonds is 6. The van der Waals surface area contributed by atoms with E-state index in [2.05, 4.69) is 10.2 Å². The smallest absolute Gasteiger partial charge is 0.318 e. The maximum atomic E-state index is 14.4. The van der Waals surface area contributed by atoms with Crippen molar-refractivity contribution >= 4 is 6.03 Å². The molecule has 3 rings (SSSR count). The van der Waals surface area contributed by atoms with Crippen molar-refractivity contribution in [3.05, 3.63) is 64.7 Å². The molecule has 2 aromatic rings. The summed E-state index contributed by atoms with van der Waals surface area (Å²) in [4.78, 5) is 16.6. The zero-order valence-electron chi connectivity index (χ0n) is 17.4. The molecule has 0 atom stereocenters. The third kappa shape index (κ3) is 5.46. The van der Waals surface area contributed by atoms with Crippen LogP contribution in [0.2, 0.25) is 0 Å². The number of hydrogen-bond acceptors (Lipinski definition) is 3. The highest BCUT2D eigenvalue weighted by Gasteiger charge is 2.28. The number of nitrogens with zero attached hydrogens (tertiary/aromatic N) is 2. The van der Waals surface area contributed by atoms with Gasteiger partial charge in [-0.15, -0.1) is 0 Å². The number of ether oxygens (including phenoxy) is 1. The minimum Gasteiger partial charge on any atom is -0.491 e. The molecular weight excluding hydrogens is 414 g/mol. The Morgan fingerprint density at radius 1 is 1.10 bits per heavy atom. The monoisotopic (exact) mass is 439 g/mol. The van der Waals surface area contributed by atoms with Crippen LogP contribution in [0.3, 0.4) is 0 Å². The maximum absolute atomic E-state index is 14.4. The molecule has 0 saturated carbocycles. The van der Waals surface area contributed by atoms with E-state index in [1.165, 1.54) is 17.0 Å². The number of carbonyl (C=O) groups is 1. The highest BCUT2D eigenvalue weighted by atomic mass is 19.1. The second-order valence-corrected chi connectivity index (χ2v) is 7.61. The normalized spacial score (nSPS) is 15.0. The summed E-state index contributed by atoms with van der Waals surface area (Å²) in [5, 5.41) is 2.63. The van der Waals surface area contributed by atoms with Gasteiger partial charge in [0.2, 0.25) is 0 Å². The first-order valence-corrected chi connectivity index (χ1v) is 9.98. The molecule has 31 heavy (non-hydrogen) atoms. The number of likely N-dealkylation sites (tertiary alicyclic amines) is 1. The van der Waals surface area contributed by atoms with E-state index in [0.29, 0.717) is 12.8 Å². The summed E-state index contributed by atoms with van der Waals surface area (Å²) in [5.41, 5.74) is 0.244. The molecule has 1 aliphatic heterocycles. The maximum Gasteiger partial charge on any atom is 0.318 e. The van der Waals surface area contributed by atoms with Crippen molar-refractivity contribution in [2.75, 3.05) is 27.2 Å². The van der Waals surface area contributed by atoms with Crippen molar-refractivity contribution in [3.8, 4) is 5.75 Å². The van der Waals surface area contributed by atoms with E-state index < -0.39 is 35.0 Å². The van der Waals surface area contributed by atoms with Crippen molar-refractivity contribution in [1.29, 1.82) is 0 Å². The molecule has 0 bridgehead atoms. The zero-order valence-corrected chi connectivity index (χ0v) is 17.4. The Bertz CT molecular complexity index is 933. The number of halogens is 4. The highest BCUT2D eigenvalue weighted by Crippen LogP contribution is 2.25. The molecule has 168 valence electrons. The number of benzene rings is 2. The molecule has 1 heterocycles. The SMILES string of the molecule is COc1c(F)ccc(CNC(=O)N(Cc2ccc(F)cc2F)C2CCN(C)CC2)c1F.